The average molecular weight is 295 g/mol. The van der Waals surface area contributed by atoms with Gasteiger partial charge in [0, 0.05) is 18.9 Å². The van der Waals surface area contributed by atoms with E-state index in [0.29, 0.717) is 18.2 Å². The predicted molar refractivity (Wildman–Crippen MR) is 71.9 cm³/mol. The lowest BCUT2D eigenvalue weighted by Crippen LogP contribution is -2.14. The number of nitrogens with zero attached hydrogens (tertiary/aromatic N) is 3. The van der Waals surface area contributed by atoms with Crippen LogP contribution in [0.5, 0.6) is 0 Å². The highest BCUT2D eigenvalue weighted by atomic mass is 19.4. The predicted octanol–water partition coefficient (Wildman–Crippen LogP) is 3.79. The lowest BCUT2D eigenvalue weighted by Gasteiger charge is -2.17. The number of aryl methyl sites for hydroxylation is 1. The molecule has 2 heterocycles. The zero-order chi connectivity index (χ0) is 15.0. The van der Waals surface area contributed by atoms with E-state index in [1.807, 2.05) is 4.68 Å². The quantitative estimate of drug-likeness (QED) is 0.844. The molecule has 1 atom stereocenters. The second kappa shape index (κ2) is 5.16. The lowest BCUT2D eigenvalue weighted by molar-refractivity contribution is -0.137. The first-order valence-corrected chi connectivity index (χ1v) is 7.03. The number of fused-ring (bicyclic) bond motifs is 1. The number of rotatable bonds is 2. The summed E-state index contributed by atoms with van der Waals surface area (Å²) in [5, 5.41) is 4.45. The maximum absolute atomic E-state index is 12.5. The normalized spacial score (nSPS) is 18.6. The number of alkyl halides is 3. The molecule has 1 aliphatic rings. The van der Waals surface area contributed by atoms with Crippen LogP contribution in [0.25, 0.3) is 0 Å². The Morgan fingerprint density at radius 3 is 2.57 bits per heavy atom. The third kappa shape index (κ3) is 2.94. The van der Waals surface area contributed by atoms with Gasteiger partial charge in [-0.05, 0) is 30.5 Å². The molecule has 0 fully saturated rings. The Morgan fingerprint density at radius 2 is 1.95 bits per heavy atom. The van der Waals surface area contributed by atoms with Crippen LogP contribution in [0.2, 0.25) is 0 Å². The summed E-state index contributed by atoms with van der Waals surface area (Å²) in [6, 6.07) is 5.19. The van der Waals surface area contributed by atoms with Crippen LogP contribution in [0, 0.1) is 0 Å². The van der Waals surface area contributed by atoms with Crippen molar-refractivity contribution in [1.29, 1.82) is 0 Å². The minimum Gasteiger partial charge on any atom is -0.250 e. The molecule has 21 heavy (non-hydrogen) atoms. The molecular formula is C15H16F3N3. The monoisotopic (exact) mass is 295 g/mol. The van der Waals surface area contributed by atoms with Crippen molar-refractivity contribution in [2.24, 2.45) is 0 Å². The molecule has 6 heteroatoms. The number of halogens is 3. The Bertz CT molecular complexity index is 629. The molecule has 1 aromatic heterocycles. The van der Waals surface area contributed by atoms with Crippen LogP contribution in [-0.2, 0) is 19.1 Å². The minimum atomic E-state index is -4.29. The van der Waals surface area contributed by atoms with E-state index in [1.165, 1.54) is 12.1 Å². The maximum Gasteiger partial charge on any atom is 0.416 e. The first kappa shape index (κ1) is 14.1. The minimum absolute atomic E-state index is 0.396. The first-order valence-electron chi connectivity index (χ1n) is 7.03. The Balaban J connectivity index is 1.78. The molecular weight excluding hydrogens is 279 g/mol. The zero-order valence-electron chi connectivity index (χ0n) is 11.7. The maximum atomic E-state index is 12.5. The van der Waals surface area contributed by atoms with Gasteiger partial charge in [0.25, 0.3) is 0 Å². The lowest BCUT2D eigenvalue weighted by atomic mass is 10.0. The molecule has 0 saturated heterocycles. The van der Waals surface area contributed by atoms with E-state index < -0.39 is 11.7 Å². The fourth-order valence-corrected chi connectivity index (χ4v) is 2.68. The van der Waals surface area contributed by atoms with Crippen molar-refractivity contribution in [2.45, 2.75) is 44.8 Å². The summed E-state index contributed by atoms with van der Waals surface area (Å²) >= 11 is 0. The topological polar surface area (TPSA) is 30.7 Å². The van der Waals surface area contributed by atoms with Crippen molar-refractivity contribution in [3.05, 3.63) is 47.0 Å². The van der Waals surface area contributed by atoms with Crippen molar-refractivity contribution in [3.8, 4) is 0 Å². The first-order chi connectivity index (χ1) is 9.93. The number of hydrogen-bond donors (Lipinski definition) is 0. The third-order valence-electron chi connectivity index (χ3n) is 3.84. The van der Waals surface area contributed by atoms with Crippen LogP contribution >= 0.6 is 0 Å². The van der Waals surface area contributed by atoms with E-state index in [1.54, 1.807) is 0 Å². The van der Waals surface area contributed by atoms with Crippen molar-refractivity contribution in [1.82, 2.24) is 14.8 Å². The van der Waals surface area contributed by atoms with Gasteiger partial charge in [0.15, 0.2) is 5.82 Å². The molecule has 0 radical (unpaired) electrons. The van der Waals surface area contributed by atoms with E-state index in [2.05, 4.69) is 17.0 Å². The van der Waals surface area contributed by atoms with Gasteiger partial charge in [-0.25, -0.2) is 9.67 Å². The highest BCUT2D eigenvalue weighted by Gasteiger charge is 2.30. The van der Waals surface area contributed by atoms with Gasteiger partial charge in [-0.3, -0.25) is 0 Å². The summed E-state index contributed by atoms with van der Waals surface area (Å²) in [6.45, 7) is 3.00. The Hall–Kier alpha value is -1.85. The van der Waals surface area contributed by atoms with Crippen molar-refractivity contribution in [2.75, 3.05) is 0 Å². The molecule has 3 nitrogen and oxygen atoms in total. The second-order valence-corrected chi connectivity index (χ2v) is 5.52. The molecule has 0 N–H and O–H groups in total. The number of hydrogen-bond acceptors (Lipinski definition) is 2. The highest BCUT2D eigenvalue weighted by Crippen LogP contribution is 2.29. The van der Waals surface area contributed by atoms with Crippen LogP contribution in [-0.4, -0.2) is 14.8 Å². The van der Waals surface area contributed by atoms with Gasteiger partial charge in [-0.1, -0.05) is 19.1 Å². The van der Waals surface area contributed by atoms with Gasteiger partial charge in [0.05, 0.1) is 5.56 Å². The molecule has 0 saturated carbocycles. The molecule has 0 spiro atoms. The van der Waals surface area contributed by atoms with Gasteiger partial charge in [0.2, 0.25) is 0 Å². The van der Waals surface area contributed by atoms with Crippen LogP contribution in [0.3, 0.4) is 0 Å². The third-order valence-corrected chi connectivity index (χ3v) is 3.84. The number of aromatic nitrogens is 3. The Labute approximate surface area is 120 Å². The average Bonchev–Trinajstić information content (AvgIpc) is 2.82. The van der Waals surface area contributed by atoms with Gasteiger partial charge < -0.3 is 0 Å². The van der Waals surface area contributed by atoms with E-state index in [-0.39, 0.29) is 0 Å². The van der Waals surface area contributed by atoms with E-state index in [4.69, 9.17) is 0 Å². The summed E-state index contributed by atoms with van der Waals surface area (Å²) in [4.78, 5) is 4.53. The summed E-state index contributed by atoms with van der Waals surface area (Å²) < 4.78 is 39.5. The molecule has 1 unspecified atom stereocenters. The molecule has 1 aromatic carbocycles. The van der Waals surface area contributed by atoms with Gasteiger partial charge in [-0.15, -0.1) is 0 Å². The molecule has 112 valence electrons. The van der Waals surface area contributed by atoms with Crippen molar-refractivity contribution < 1.29 is 13.2 Å². The molecule has 1 aliphatic heterocycles. The van der Waals surface area contributed by atoms with Gasteiger partial charge >= 0.3 is 6.18 Å². The van der Waals surface area contributed by atoms with Crippen molar-refractivity contribution in [3.63, 3.8) is 0 Å². The van der Waals surface area contributed by atoms with Gasteiger partial charge in [-0.2, -0.15) is 18.3 Å². The smallest absolute Gasteiger partial charge is 0.250 e. The second-order valence-electron chi connectivity index (χ2n) is 5.52. The molecule has 3 rings (SSSR count). The number of benzene rings is 1. The van der Waals surface area contributed by atoms with Crippen LogP contribution in [0.15, 0.2) is 24.3 Å². The van der Waals surface area contributed by atoms with Crippen LogP contribution < -0.4 is 0 Å². The van der Waals surface area contributed by atoms with Crippen molar-refractivity contribution >= 4 is 0 Å². The Kier molecular flexibility index (Phi) is 3.47. The summed E-state index contributed by atoms with van der Waals surface area (Å²) in [5.41, 5.74) is 0.163. The van der Waals surface area contributed by atoms with Crippen LogP contribution in [0.1, 0.15) is 48.5 Å². The molecule has 0 aliphatic carbocycles. The van der Waals surface area contributed by atoms with Gasteiger partial charge in [0.1, 0.15) is 5.82 Å². The Morgan fingerprint density at radius 1 is 1.24 bits per heavy atom. The standard InChI is InChI=1S/C15H16F3N3/c1-10-3-2-8-21-14(10)19-13(20-21)9-11-4-6-12(7-5-11)15(16,17)18/h4-7,10H,2-3,8-9H2,1H3. The largest absolute Gasteiger partial charge is 0.416 e. The van der Waals surface area contributed by atoms with E-state index in [0.717, 1.165) is 42.9 Å². The molecule has 0 amide bonds. The molecule has 2 aromatic rings. The fraction of sp³-hybridized carbons (Fsp3) is 0.467. The SMILES string of the molecule is CC1CCCn2nc(Cc3ccc(C(F)(F)F)cc3)nc21. The van der Waals surface area contributed by atoms with E-state index >= 15 is 0 Å². The summed E-state index contributed by atoms with van der Waals surface area (Å²) in [6.07, 6.45) is -1.62. The van der Waals surface area contributed by atoms with Crippen LogP contribution in [0.4, 0.5) is 13.2 Å². The molecule has 0 bridgehead atoms. The van der Waals surface area contributed by atoms with E-state index in [9.17, 15) is 13.2 Å². The zero-order valence-corrected chi connectivity index (χ0v) is 11.7. The summed E-state index contributed by atoms with van der Waals surface area (Å²) in [7, 11) is 0. The summed E-state index contributed by atoms with van der Waals surface area (Å²) in [5.74, 6) is 2.06. The highest BCUT2D eigenvalue weighted by molar-refractivity contribution is 5.26. The fourth-order valence-electron chi connectivity index (χ4n) is 2.68.